The molecule has 0 radical (unpaired) electrons. The first-order valence-corrected chi connectivity index (χ1v) is 6.37. The molecule has 0 saturated heterocycles. The highest BCUT2D eigenvalue weighted by molar-refractivity contribution is 7.19. The summed E-state index contributed by atoms with van der Waals surface area (Å²) in [4.78, 5) is 11.9. The van der Waals surface area contributed by atoms with Crippen LogP contribution in [-0.2, 0) is 6.54 Å². The van der Waals surface area contributed by atoms with Gasteiger partial charge in [-0.25, -0.2) is 4.79 Å². The van der Waals surface area contributed by atoms with Crippen LogP contribution in [0.2, 0.25) is 4.34 Å². The lowest BCUT2D eigenvalue weighted by atomic mass is 10.2. The van der Waals surface area contributed by atoms with Crippen LogP contribution in [0, 0.1) is 0 Å². The highest BCUT2D eigenvalue weighted by atomic mass is 35.5. The molecule has 2 aromatic heterocycles. The molecule has 0 saturated carbocycles. The van der Waals surface area contributed by atoms with Crippen molar-refractivity contribution in [2.75, 3.05) is 0 Å². The number of aryl methyl sites for hydroxylation is 1. The van der Waals surface area contributed by atoms with E-state index >= 15 is 0 Å². The van der Waals surface area contributed by atoms with Gasteiger partial charge < -0.3 is 5.11 Å². The summed E-state index contributed by atoms with van der Waals surface area (Å²) in [5.41, 5.74) is 0.708. The summed E-state index contributed by atoms with van der Waals surface area (Å²) >= 11 is 7.18. The molecule has 0 amide bonds. The van der Waals surface area contributed by atoms with Crippen LogP contribution in [0.5, 0.6) is 0 Å². The van der Waals surface area contributed by atoms with Gasteiger partial charge in [0.1, 0.15) is 11.3 Å². The molecule has 1 N–H and O–H groups in total. The van der Waals surface area contributed by atoms with Crippen LogP contribution < -0.4 is 0 Å². The number of thiophene rings is 1. The highest BCUT2D eigenvalue weighted by Gasteiger charge is 2.18. The highest BCUT2D eigenvalue weighted by Crippen LogP contribution is 2.32. The normalized spacial score (nSPS) is 10.7. The molecule has 2 rings (SSSR count). The molecule has 17 heavy (non-hydrogen) atoms. The Morgan fingerprint density at radius 1 is 1.59 bits per heavy atom. The largest absolute Gasteiger partial charge is 0.478 e. The van der Waals surface area contributed by atoms with Gasteiger partial charge in [-0.3, -0.25) is 4.68 Å². The lowest BCUT2D eigenvalue weighted by molar-refractivity contribution is 0.0697. The first kappa shape index (κ1) is 12.1. The second kappa shape index (κ2) is 4.89. The number of carbonyl (C=O) groups is 1. The fourth-order valence-corrected chi connectivity index (χ4v) is 2.59. The molecule has 0 fully saturated rings. The first-order valence-electron chi connectivity index (χ1n) is 5.18. The Labute approximate surface area is 107 Å². The van der Waals surface area contributed by atoms with Crippen LogP contribution in [-0.4, -0.2) is 20.9 Å². The van der Waals surface area contributed by atoms with E-state index < -0.39 is 5.97 Å². The average molecular weight is 271 g/mol. The Morgan fingerprint density at radius 3 is 2.88 bits per heavy atom. The fourth-order valence-electron chi connectivity index (χ4n) is 1.55. The van der Waals surface area contributed by atoms with E-state index in [1.54, 1.807) is 23.0 Å². The van der Waals surface area contributed by atoms with Gasteiger partial charge in [-0.05, 0) is 18.6 Å². The SMILES string of the molecule is CCCn1cc(C(=O)O)c(-c2ccc(Cl)s2)n1. The minimum absolute atomic E-state index is 0.219. The van der Waals surface area contributed by atoms with Crippen LogP contribution in [0.1, 0.15) is 23.7 Å². The molecule has 0 aromatic carbocycles. The molecule has 0 spiro atoms. The molecular formula is C11H11ClN2O2S. The van der Waals surface area contributed by atoms with Gasteiger partial charge in [0, 0.05) is 12.7 Å². The van der Waals surface area contributed by atoms with Crippen molar-refractivity contribution in [3.05, 3.63) is 28.2 Å². The predicted octanol–water partition coefficient (Wildman–Crippen LogP) is 3.37. The number of hydrogen-bond donors (Lipinski definition) is 1. The van der Waals surface area contributed by atoms with Crippen LogP contribution in [0.4, 0.5) is 0 Å². The van der Waals surface area contributed by atoms with E-state index in [-0.39, 0.29) is 5.56 Å². The zero-order valence-electron chi connectivity index (χ0n) is 9.18. The second-order valence-corrected chi connectivity index (χ2v) is 5.28. The quantitative estimate of drug-likeness (QED) is 0.927. The summed E-state index contributed by atoms with van der Waals surface area (Å²) in [5.74, 6) is -0.966. The Bertz CT molecular complexity index is 547. The Balaban J connectivity index is 2.47. The standard InChI is InChI=1S/C11H11ClN2O2S/c1-2-5-14-6-7(11(15)16)10(13-14)8-3-4-9(12)17-8/h3-4,6H,2,5H2,1H3,(H,15,16). The van der Waals surface area contributed by atoms with Crippen LogP contribution in [0.25, 0.3) is 10.6 Å². The third-order valence-electron chi connectivity index (χ3n) is 2.25. The maximum atomic E-state index is 11.1. The van der Waals surface area contributed by atoms with Crippen molar-refractivity contribution in [2.45, 2.75) is 19.9 Å². The third kappa shape index (κ3) is 2.50. The number of halogens is 1. The maximum Gasteiger partial charge on any atom is 0.339 e. The lowest BCUT2D eigenvalue weighted by Gasteiger charge is -1.95. The van der Waals surface area contributed by atoms with Gasteiger partial charge in [-0.1, -0.05) is 18.5 Å². The molecule has 90 valence electrons. The van der Waals surface area contributed by atoms with Gasteiger partial charge in [-0.2, -0.15) is 5.10 Å². The second-order valence-electron chi connectivity index (χ2n) is 3.56. The summed E-state index contributed by atoms with van der Waals surface area (Å²) < 4.78 is 2.29. The van der Waals surface area contributed by atoms with Gasteiger partial charge in [-0.15, -0.1) is 11.3 Å². The van der Waals surface area contributed by atoms with Crippen molar-refractivity contribution in [3.63, 3.8) is 0 Å². The van der Waals surface area contributed by atoms with E-state index in [0.717, 1.165) is 11.3 Å². The average Bonchev–Trinajstić information content (AvgIpc) is 2.84. The summed E-state index contributed by atoms with van der Waals surface area (Å²) in [6.07, 6.45) is 2.47. The van der Waals surface area contributed by atoms with Gasteiger partial charge in [0.05, 0.1) is 9.21 Å². The molecule has 0 aliphatic rings. The van der Waals surface area contributed by atoms with E-state index in [2.05, 4.69) is 5.10 Å². The minimum atomic E-state index is -0.966. The van der Waals surface area contributed by atoms with E-state index in [0.29, 0.717) is 16.6 Å². The number of carboxylic acids is 1. The van der Waals surface area contributed by atoms with Crippen LogP contribution in [0.15, 0.2) is 18.3 Å². The zero-order chi connectivity index (χ0) is 12.4. The van der Waals surface area contributed by atoms with Crippen molar-refractivity contribution in [1.82, 2.24) is 9.78 Å². The predicted molar refractivity (Wildman–Crippen MR) is 67.8 cm³/mol. The summed E-state index contributed by atoms with van der Waals surface area (Å²) in [6.45, 7) is 2.73. The smallest absolute Gasteiger partial charge is 0.339 e. The zero-order valence-corrected chi connectivity index (χ0v) is 10.8. The van der Waals surface area contributed by atoms with Gasteiger partial charge in [0.15, 0.2) is 0 Å². The fraction of sp³-hybridized carbons (Fsp3) is 0.273. The minimum Gasteiger partial charge on any atom is -0.478 e. The van der Waals surface area contributed by atoms with E-state index in [9.17, 15) is 4.79 Å². The monoisotopic (exact) mass is 270 g/mol. The van der Waals surface area contributed by atoms with Crippen molar-refractivity contribution in [3.8, 4) is 10.6 Å². The van der Waals surface area contributed by atoms with E-state index in [4.69, 9.17) is 16.7 Å². The number of aromatic carboxylic acids is 1. The Hall–Kier alpha value is -1.33. The lowest BCUT2D eigenvalue weighted by Crippen LogP contribution is -1.97. The summed E-state index contributed by atoms with van der Waals surface area (Å²) in [7, 11) is 0. The number of nitrogens with zero attached hydrogens (tertiary/aromatic N) is 2. The van der Waals surface area contributed by atoms with Crippen LogP contribution in [0.3, 0.4) is 0 Å². The molecule has 0 aliphatic carbocycles. The topological polar surface area (TPSA) is 55.1 Å². The number of carboxylic acid groups (broad SMARTS) is 1. The molecular weight excluding hydrogens is 260 g/mol. The van der Waals surface area contributed by atoms with Crippen molar-refractivity contribution in [2.24, 2.45) is 0 Å². The molecule has 0 aliphatic heterocycles. The maximum absolute atomic E-state index is 11.1. The van der Waals surface area contributed by atoms with Crippen molar-refractivity contribution in [1.29, 1.82) is 0 Å². The van der Waals surface area contributed by atoms with E-state index in [1.165, 1.54) is 11.3 Å². The molecule has 2 aromatic rings. The molecule has 0 atom stereocenters. The third-order valence-corrected chi connectivity index (χ3v) is 3.49. The van der Waals surface area contributed by atoms with Crippen molar-refractivity contribution >= 4 is 28.9 Å². The van der Waals surface area contributed by atoms with E-state index in [1.807, 2.05) is 6.92 Å². The van der Waals surface area contributed by atoms with Gasteiger partial charge >= 0.3 is 5.97 Å². The Kier molecular flexibility index (Phi) is 3.49. The van der Waals surface area contributed by atoms with Crippen LogP contribution >= 0.6 is 22.9 Å². The first-order chi connectivity index (χ1) is 8.11. The number of hydrogen-bond acceptors (Lipinski definition) is 3. The molecule has 6 heteroatoms. The van der Waals surface area contributed by atoms with Crippen molar-refractivity contribution < 1.29 is 9.90 Å². The Morgan fingerprint density at radius 2 is 2.35 bits per heavy atom. The number of aromatic nitrogens is 2. The summed E-state index contributed by atoms with van der Waals surface area (Å²) in [6, 6.07) is 3.53. The molecule has 4 nitrogen and oxygen atoms in total. The van der Waals surface area contributed by atoms with Gasteiger partial charge in [0.2, 0.25) is 0 Å². The molecule has 2 heterocycles. The molecule has 0 unspecified atom stereocenters. The van der Waals surface area contributed by atoms with Gasteiger partial charge in [0.25, 0.3) is 0 Å². The molecule has 0 bridgehead atoms. The number of rotatable bonds is 4. The summed E-state index contributed by atoms with van der Waals surface area (Å²) in [5, 5.41) is 13.4.